The third-order valence-electron chi connectivity index (χ3n) is 4.60. The lowest BCUT2D eigenvalue weighted by molar-refractivity contribution is -0.123. The van der Waals surface area contributed by atoms with Crippen molar-refractivity contribution in [2.24, 2.45) is 11.7 Å². The maximum Gasteiger partial charge on any atom is 0.239 e. The second-order valence-electron chi connectivity index (χ2n) is 6.45. The molecule has 3 N–H and O–H groups in total. The van der Waals surface area contributed by atoms with Crippen LogP contribution >= 0.6 is 24.8 Å². The molecule has 144 valence electrons. The molecule has 0 aromatic heterocycles. The number of methoxy groups -OCH3 is 1. The van der Waals surface area contributed by atoms with Crippen LogP contribution in [0.2, 0.25) is 0 Å². The van der Waals surface area contributed by atoms with Crippen LogP contribution in [0.3, 0.4) is 0 Å². The Kier molecular flexibility index (Phi) is 12.1. The monoisotopic (exact) mass is 391 g/mol. The lowest BCUT2D eigenvalue weighted by atomic mass is 9.95. The predicted octanol–water partition coefficient (Wildman–Crippen LogP) is 2.39. The summed E-state index contributed by atoms with van der Waals surface area (Å²) in [7, 11) is 1.55. The summed E-state index contributed by atoms with van der Waals surface area (Å²) in [5.74, 6) is 0.630. The number of carbonyl (C=O) groups is 1. The standard InChI is InChI=1S/C18H29N3O2.2ClH/c1-14-8-10-21(11-9-14)17(15-6-4-3-5-7-15)12-20-18(22)16(19)13-23-2;;/h3-7,14,16-17H,8-13,19H2,1-2H3,(H,20,22);2*1H. The van der Waals surface area contributed by atoms with E-state index in [1.54, 1.807) is 7.11 Å². The molecule has 5 nitrogen and oxygen atoms in total. The average molecular weight is 392 g/mol. The highest BCUT2D eigenvalue weighted by Gasteiger charge is 2.25. The van der Waals surface area contributed by atoms with Gasteiger partial charge >= 0.3 is 0 Å². The van der Waals surface area contributed by atoms with Gasteiger partial charge in [0.2, 0.25) is 5.91 Å². The predicted molar refractivity (Wildman–Crippen MR) is 107 cm³/mol. The number of nitrogens with zero attached hydrogens (tertiary/aromatic N) is 1. The van der Waals surface area contributed by atoms with Crippen LogP contribution in [0.15, 0.2) is 30.3 Å². The molecule has 1 fully saturated rings. The Labute approximate surface area is 163 Å². The zero-order valence-electron chi connectivity index (χ0n) is 15.0. The zero-order chi connectivity index (χ0) is 16.7. The summed E-state index contributed by atoms with van der Waals surface area (Å²) in [5, 5.41) is 2.99. The molecule has 1 aliphatic heterocycles. The van der Waals surface area contributed by atoms with E-state index in [0.29, 0.717) is 6.54 Å². The second kappa shape index (κ2) is 12.5. The van der Waals surface area contributed by atoms with Crippen molar-refractivity contribution in [1.29, 1.82) is 0 Å². The van der Waals surface area contributed by atoms with E-state index in [1.165, 1.54) is 18.4 Å². The number of likely N-dealkylation sites (tertiary alicyclic amines) is 1. The van der Waals surface area contributed by atoms with Crippen LogP contribution in [-0.2, 0) is 9.53 Å². The van der Waals surface area contributed by atoms with Crippen LogP contribution in [0, 0.1) is 5.92 Å². The first-order chi connectivity index (χ1) is 11.1. The van der Waals surface area contributed by atoms with Crippen molar-refractivity contribution >= 4 is 30.7 Å². The third kappa shape index (κ3) is 7.50. The van der Waals surface area contributed by atoms with E-state index in [0.717, 1.165) is 19.0 Å². The molecule has 1 aliphatic rings. The number of carbonyl (C=O) groups excluding carboxylic acids is 1. The Bertz CT molecular complexity index is 482. The first-order valence-corrected chi connectivity index (χ1v) is 8.43. The number of piperidine rings is 1. The maximum atomic E-state index is 12.1. The Morgan fingerprint density at radius 3 is 2.44 bits per heavy atom. The van der Waals surface area contributed by atoms with Gasteiger partial charge in [-0.15, -0.1) is 24.8 Å². The number of halogens is 2. The van der Waals surface area contributed by atoms with Gasteiger partial charge < -0.3 is 15.8 Å². The molecule has 1 aromatic carbocycles. The summed E-state index contributed by atoms with van der Waals surface area (Å²) < 4.78 is 4.95. The van der Waals surface area contributed by atoms with Gasteiger partial charge in [-0.3, -0.25) is 9.69 Å². The van der Waals surface area contributed by atoms with Gasteiger partial charge in [-0.05, 0) is 37.4 Å². The molecule has 1 heterocycles. The van der Waals surface area contributed by atoms with E-state index in [4.69, 9.17) is 10.5 Å². The molecule has 2 rings (SSSR count). The average Bonchev–Trinajstić information content (AvgIpc) is 2.57. The van der Waals surface area contributed by atoms with Gasteiger partial charge in [-0.2, -0.15) is 0 Å². The molecule has 2 atom stereocenters. The van der Waals surface area contributed by atoms with Gasteiger partial charge in [-0.1, -0.05) is 37.3 Å². The molecule has 0 radical (unpaired) electrons. The molecule has 7 heteroatoms. The quantitative estimate of drug-likeness (QED) is 0.748. The minimum atomic E-state index is -0.613. The van der Waals surface area contributed by atoms with Crippen molar-refractivity contribution in [2.75, 3.05) is 33.4 Å². The fraction of sp³-hybridized carbons (Fsp3) is 0.611. The summed E-state index contributed by atoms with van der Waals surface area (Å²) in [6, 6.07) is 9.96. The Morgan fingerprint density at radius 1 is 1.28 bits per heavy atom. The van der Waals surface area contributed by atoms with E-state index < -0.39 is 6.04 Å². The summed E-state index contributed by atoms with van der Waals surface area (Å²) in [5.41, 5.74) is 7.04. The molecular formula is C18H31Cl2N3O2. The summed E-state index contributed by atoms with van der Waals surface area (Å²) in [4.78, 5) is 14.5. The minimum Gasteiger partial charge on any atom is -0.383 e. The van der Waals surface area contributed by atoms with Crippen LogP contribution in [0.25, 0.3) is 0 Å². The van der Waals surface area contributed by atoms with Crippen molar-refractivity contribution in [3.05, 3.63) is 35.9 Å². The molecule has 2 unspecified atom stereocenters. The van der Waals surface area contributed by atoms with Gasteiger partial charge in [0.1, 0.15) is 6.04 Å². The highest BCUT2D eigenvalue weighted by Crippen LogP contribution is 2.26. The first kappa shape index (κ1) is 24.1. The van der Waals surface area contributed by atoms with Crippen LogP contribution in [0.1, 0.15) is 31.4 Å². The van der Waals surface area contributed by atoms with Crippen molar-refractivity contribution in [1.82, 2.24) is 10.2 Å². The van der Waals surface area contributed by atoms with Crippen LogP contribution in [0.5, 0.6) is 0 Å². The number of nitrogens with two attached hydrogens (primary N) is 1. The van der Waals surface area contributed by atoms with E-state index in [9.17, 15) is 4.79 Å². The summed E-state index contributed by atoms with van der Waals surface area (Å²) in [6.07, 6.45) is 2.42. The zero-order valence-corrected chi connectivity index (χ0v) is 16.7. The van der Waals surface area contributed by atoms with Gasteiger partial charge in [0.15, 0.2) is 0 Å². The van der Waals surface area contributed by atoms with Gasteiger partial charge in [-0.25, -0.2) is 0 Å². The largest absolute Gasteiger partial charge is 0.383 e. The fourth-order valence-corrected chi connectivity index (χ4v) is 3.06. The third-order valence-corrected chi connectivity index (χ3v) is 4.60. The number of ether oxygens (including phenoxy) is 1. The Morgan fingerprint density at radius 2 is 1.88 bits per heavy atom. The van der Waals surface area contributed by atoms with E-state index in [2.05, 4.69) is 29.3 Å². The second-order valence-corrected chi connectivity index (χ2v) is 6.45. The lowest BCUT2D eigenvalue weighted by Gasteiger charge is -2.37. The van der Waals surface area contributed by atoms with Crippen LogP contribution in [-0.4, -0.2) is 50.2 Å². The Balaban J connectivity index is 0.00000288. The molecule has 1 aromatic rings. The number of rotatable bonds is 7. The highest BCUT2D eigenvalue weighted by molar-refractivity contribution is 5.85. The molecule has 0 bridgehead atoms. The van der Waals surface area contributed by atoms with Gasteiger partial charge in [0.25, 0.3) is 0 Å². The molecular weight excluding hydrogens is 361 g/mol. The van der Waals surface area contributed by atoms with Crippen molar-refractivity contribution < 1.29 is 9.53 Å². The van der Waals surface area contributed by atoms with Crippen LogP contribution < -0.4 is 11.1 Å². The lowest BCUT2D eigenvalue weighted by Crippen LogP contribution is -2.47. The fourth-order valence-electron chi connectivity index (χ4n) is 3.06. The first-order valence-electron chi connectivity index (χ1n) is 8.43. The number of hydrogen-bond acceptors (Lipinski definition) is 4. The van der Waals surface area contributed by atoms with Gasteiger partial charge in [0.05, 0.1) is 12.6 Å². The van der Waals surface area contributed by atoms with E-state index >= 15 is 0 Å². The molecule has 0 aliphatic carbocycles. The number of nitrogens with one attached hydrogen (secondary N) is 1. The van der Waals surface area contributed by atoms with E-state index in [-0.39, 0.29) is 43.4 Å². The normalized spacial score (nSPS) is 17.7. The Hall–Kier alpha value is -0.850. The SMILES string of the molecule is COCC(N)C(=O)NCC(c1ccccc1)N1CCC(C)CC1.Cl.Cl. The molecule has 1 saturated heterocycles. The summed E-state index contributed by atoms with van der Waals surface area (Å²) >= 11 is 0. The van der Waals surface area contributed by atoms with Crippen molar-refractivity contribution in [3.63, 3.8) is 0 Å². The van der Waals surface area contributed by atoms with E-state index in [1.807, 2.05) is 18.2 Å². The molecule has 0 spiro atoms. The minimum absolute atomic E-state index is 0. The number of benzene rings is 1. The molecule has 0 saturated carbocycles. The molecule has 25 heavy (non-hydrogen) atoms. The smallest absolute Gasteiger partial charge is 0.239 e. The van der Waals surface area contributed by atoms with Crippen molar-refractivity contribution in [3.8, 4) is 0 Å². The number of hydrogen-bond donors (Lipinski definition) is 2. The highest BCUT2D eigenvalue weighted by atomic mass is 35.5. The number of amides is 1. The van der Waals surface area contributed by atoms with Crippen molar-refractivity contribution in [2.45, 2.75) is 31.8 Å². The van der Waals surface area contributed by atoms with Crippen LogP contribution in [0.4, 0.5) is 0 Å². The summed E-state index contributed by atoms with van der Waals surface area (Å²) in [6.45, 7) is 5.26. The topological polar surface area (TPSA) is 67.6 Å². The molecule has 1 amide bonds. The maximum absolute atomic E-state index is 12.1. The van der Waals surface area contributed by atoms with Gasteiger partial charge in [0, 0.05) is 13.7 Å².